The molecule has 1 heterocycles. The van der Waals surface area contributed by atoms with Gasteiger partial charge in [-0.2, -0.15) is 0 Å². The van der Waals surface area contributed by atoms with Crippen molar-refractivity contribution in [3.63, 3.8) is 0 Å². The Morgan fingerprint density at radius 2 is 2.17 bits per heavy atom. The normalized spacial score (nSPS) is 22.4. The fourth-order valence-corrected chi connectivity index (χ4v) is 5.07. The van der Waals surface area contributed by atoms with Gasteiger partial charge in [0.25, 0.3) is 0 Å². The molecule has 5 nitrogen and oxygen atoms in total. The van der Waals surface area contributed by atoms with Gasteiger partial charge in [-0.05, 0) is 52.2 Å². The average Bonchev–Trinajstić information content (AvgIpc) is 3.36. The maximum atomic E-state index is 11.0. The summed E-state index contributed by atoms with van der Waals surface area (Å²) in [7, 11) is 0. The van der Waals surface area contributed by atoms with Crippen molar-refractivity contribution in [2.24, 2.45) is 5.92 Å². The Bertz CT molecular complexity index is 831. The highest BCUT2D eigenvalue weighted by atomic mass is 79.9. The Kier molecular flexibility index (Phi) is 4.00. The van der Waals surface area contributed by atoms with Gasteiger partial charge in [0, 0.05) is 0 Å². The van der Waals surface area contributed by atoms with Crippen LogP contribution in [0, 0.1) is 5.92 Å². The van der Waals surface area contributed by atoms with Gasteiger partial charge in [0.05, 0.1) is 11.3 Å². The van der Waals surface area contributed by atoms with Crippen molar-refractivity contribution in [3.05, 3.63) is 46.2 Å². The van der Waals surface area contributed by atoms with Crippen LogP contribution >= 0.6 is 27.7 Å². The smallest absolute Gasteiger partial charge is 0.313 e. The second kappa shape index (κ2) is 6.04. The summed E-state index contributed by atoms with van der Waals surface area (Å²) in [6.45, 7) is 0. The molecular weight excluding hydrogens is 390 g/mol. The molecule has 0 bridgehead atoms. The fourth-order valence-electron chi connectivity index (χ4n) is 3.66. The van der Waals surface area contributed by atoms with E-state index in [-0.39, 0.29) is 11.3 Å². The molecule has 1 aromatic heterocycles. The van der Waals surface area contributed by atoms with E-state index in [2.05, 4.69) is 61.0 Å². The number of carboxylic acid groups (broad SMARTS) is 1. The molecule has 124 valence electrons. The lowest BCUT2D eigenvalue weighted by Gasteiger charge is -2.39. The first kappa shape index (κ1) is 15.9. The minimum atomic E-state index is -0.852. The van der Waals surface area contributed by atoms with E-state index in [1.807, 2.05) is 6.07 Å². The lowest BCUT2D eigenvalue weighted by Crippen LogP contribution is -2.39. The second-order valence-electron chi connectivity index (χ2n) is 6.16. The molecule has 1 fully saturated rings. The number of rotatable bonds is 5. The molecule has 2 aliphatic carbocycles. The number of carboxylic acids is 1. The highest BCUT2D eigenvalue weighted by molar-refractivity contribution is 9.10. The monoisotopic (exact) mass is 405 g/mol. The number of aromatic nitrogens is 3. The molecule has 7 heteroatoms. The van der Waals surface area contributed by atoms with E-state index in [9.17, 15) is 4.79 Å². The molecule has 0 saturated heterocycles. The van der Waals surface area contributed by atoms with Crippen molar-refractivity contribution in [2.75, 3.05) is 5.75 Å². The van der Waals surface area contributed by atoms with Gasteiger partial charge in [0.1, 0.15) is 0 Å². The van der Waals surface area contributed by atoms with Crippen LogP contribution in [-0.4, -0.2) is 31.6 Å². The Hall–Kier alpha value is -1.60. The summed E-state index contributed by atoms with van der Waals surface area (Å²) >= 11 is 4.77. The molecule has 4 rings (SSSR count). The largest absolute Gasteiger partial charge is 0.481 e. The number of halogens is 1. The predicted molar refractivity (Wildman–Crippen MR) is 96.0 cm³/mol. The van der Waals surface area contributed by atoms with E-state index < -0.39 is 5.97 Å². The van der Waals surface area contributed by atoms with Crippen molar-refractivity contribution in [2.45, 2.75) is 30.0 Å². The maximum absolute atomic E-state index is 11.0. The van der Waals surface area contributed by atoms with Gasteiger partial charge >= 0.3 is 5.97 Å². The molecule has 0 radical (unpaired) electrons. The summed E-state index contributed by atoms with van der Waals surface area (Å²) in [5.41, 5.74) is 2.24. The first-order chi connectivity index (χ1) is 11.6. The molecule has 0 aliphatic heterocycles. The van der Waals surface area contributed by atoms with E-state index in [0.29, 0.717) is 15.8 Å². The Labute approximate surface area is 152 Å². The van der Waals surface area contributed by atoms with Crippen LogP contribution in [0.15, 0.2) is 40.2 Å². The molecule has 2 aliphatic rings. The van der Waals surface area contributed by atoms with Gasteiger partial charge in [0.2, 0.25) is 4.73 Å². The Morgan fingerprint density at radius 3 is 2.92 bits per heavy atom. The van der Waals surface area contributed by atoms with Gasteiger partial charge in [0.15, 0.2) is 5.16 Å². The molecular formula is C17H16BrN3O2S. The quantitative estimate of drug-likeness (QED) is 0.766. The number of carbonyl (C=O) groups is 1. The fraction of sp³-hybridized carbons (Fsp3) is 0.353. The van der Waals surface area contributed by atoms with Crippen molar-refractivity contribution >= 4 is 39.7 Å². The maximum Gasteiger partial charge on any atom is 0.313 e. The summed E-state index contributed by atoms with van der Waals surface area (Å²) < 4.78 is 2.77. The van der Waals surface area contributed by atoms with Crippen molar-refractivity contribution < 1.29 is 9.90 Å². The summed E-state index contributed by atoms with van der Waals surface area (Å²) in [6, 6.07) is 8.42. The third-order valence-corrected chi connectivity index (χ3v) is 6.15. The summed E-state index contributed by atoms with van der Waals surface area (Å²) in [5, 5.41) is 18.1. The van der Waals surface area contributed by atoms with E-state index in [1.54, 1.807) is 0 Å². The van der Waals surface area contributed by atoms with Crippen LogP contribution in [-0.2, 0) is 10.3 Å². The minimum absolute atomic E-state index is 0.0244. The third kappa shape index (κ3) is 2.50. The van der Waals surface area contributed by atoms with E-state index in [1.165, 1.54) is 22.9 Å². The van der Waals surface area contributed by atoms with E-state index in [0.717, 1.165) is 19.3 Å². The molecule has 1 aromatic carbocycles. The standard InChI is InChI=1S/C17H16BrN3O2S/c18-15-19-20-16(24-10-14(22)23)21(15)17(12-7-8-12)9-3-5-11-4-1-2-6-13(11)17/h1-6,12H,7-10H2,(H,22,23). The van der Waals surface area contributed by atoms with Gasteiger partial charge < -0.3 is 5.11 Å². The number of benzene rings is 1. The van der Waals surface area contributed by atoms with Crippen LogP contribution in [0.3, 0.4) is 0 Å². The molecule has 1 unspecified atom stereocenters. The molecule has 1 N–H and O–H groups in total. The number of hydrogen-bond acceptors (Lipinski definition) is 4. The summed E-state index contributed by atoms with van der Waals surface area (Å²) in [6.07, 6.45) is 7.56. The highest BCUT2D eigenvalue weighted by Gasteiger charge is 2.51. The zero-order valence-corrected chi connectivity index (χ0v) is 15.3. The molecule has 0 spiro atoms. The number of aliphatic carboxylic acids is 1. The molecule has 1 atom stereocenters. The van der Waals surface area contributed by atoms with Crippen LogP contribution in [0.4, 0.5) is 0 Å². The van der Waals surface area contributed by atoms with Gasteiger partial charge in [-0.3, -0.25) is 9.36 Å². The molecule has 0 amide bonds. The Morgan fingerprint density at radius 1 is 1.38 bits per heavy atom. The number of hydrogen-bond donors (Lipinski definition) is 1. The molecule has 1 saturated carbocycles. The van der Waals surface area contributed by atoms with Crippen molar-refractivity contribution in [3.8, 4) is 0 Å². The summed E-state index contributed by atoms with van der Waals surface area (Å²) in [5.74, 6) is -0.362. The van der Waals surface area contributed by atoms with Crippen LogP contribution in [0.1, 0.15) is 30.4 Å². The summed E-state index contributed by atoms with van der Waals surface area (Å²) in [4.78, 5) is 11.0. The van der Waals surface area contributed by atoms with Crippen molar-refractivity contribution in [1.29, 1.82) is 0 Å². The van der Waals surface area contributed by atoms with E-state index >= 15 is 0 Å². The third-order valence-electron chi connectivity index (χ3n) is 4.72. The number of thioether (sulfide) groups is 1. The zero-order chi connectivity index (χ0) is 16.7. The second-order valence-corrected chi connectivity index (χ2v) is 7.81. The van der Waals surface area contributed by atoms with E-state index in [4.69, 9.17) is 5.11 Å². The topological polar surface area (TPSA) is 68.0 Å². The minimum Gasteiger partial charge on any atom is -0.481 e. The number of nitrogens with zero attached hydrogens (tertiary/aromatic N) is 3. The lowest BCUT2D eigenvalue weighted by atomic mass is 9.76. The van der Waals surface area contributed by atoms with Crippen LogP contribution in [0.25, 0.3) is 6.08 Å². The predicted octanol–water partition coefficient (Wildman–Crippen LogP) is 3.79. The average molecular weight is 406 g/mol. The number of allylic oxidation sites excluding steroid dienone is 1. The first-order valence-electron chi connectivity index (χ1n) is 7.85. The lowest BCUT2D eigenvalue weighted by molar-refractivity contribution is -0.133. The zero-order valence-electron chi connectivity index (χ0n) is 12.9. The SMILES string of the molecule is O=C(O)CSc1nnc(Br)n1C1(C2CC2)CC=Cc2ccccc21. The number of fused-ring (bicyclic) bond motifs is 1. The van der Waals surface area contributed by atoms with Crippen LogP contribution in [0.2, 0.25) is 0 Å². The highest BCUT2D eigenvalue weighted by Crippen LogP contribution is 2.54. The van der Waals surface area contributed by atoms with Crippen LogP contribution in [0.5, 0.6) is 0 Å². The molecule has 24 heavy (non-hydrogen) atoms. The van der Waals surface area contributed by atoms with Gasteiger partial charge in [-0.25, -0.2) is 0 Å². The molecule has 2 aromatic rings. The first-order valence-corrected chi connectivity index (χ1v) is 9.63. The Balaban J connectivity index is 1.88. The van der Waals surface area contributed by atoms with Gasteiger partial charge in [-0.15, -0.1) is 10.2 Å². The van der Waals surface area contributed by atoms with Crippen molar-refractivity contribution in [1.82, 2.24) is 14.8 Å². The van der Waals surface area contributed by atoms with Gasteiger partial charge in [-0.1, -0.05) is 48.2 Å². The van der Waals surface area contributed by atoms with Crippen LogP contribution < -0.4 is 0 Å².